The lowest BCUT2D eigenvalue weighted by Gasteiger charge is -2.36. The largest absolute Gasteiger partial charge is 0.396 e. The van der Waals surface area contributed by atoms with E-state index in [9.17, 15) is 9.90 Å². The van der Waals surface area contributed by atoms with E-state index in [1.54, 1.807) is 12.1 Å². The Morgan fingerprint density at radius 1 is 1.33 bits per heavy atom. The summed E-state index contributed by atoms with van der Waals surface area (Å²) in [7, 11) is 0. The van der Waals surface area contributed by atoms with Crippen molar-refractivity contribution in [1.82, 2.24) is 5.32 Å². The van der Waals surface area contributed by atoms with Crippen LogP contribution in [0.3, 0.4) is 0 Å². The molecule has 0 radical (unpaired) electrons. The van der Waals surface area contributed by atoms with Crippen LogP contribution in [0.5, 0.6) is 0 Å². The van der Waals surface area contributed by atoms with Gasteiger partial charge in [-0.2, -0.15) is 0 Å². The van der Waals surface area contributed by atoms with Crippen molar-refractivity contribution >= 4 is 29.1 Å². The highest BCUT2D eigenvalue weighted by Crippen LogP contribution is 2.37. The lowest BCUT2D eigenvalue weighted by atomic mass is 9.72. The van der Waals surface area contributed by atoms with Gasteiger partial charge >= 0.3 is 0 Å². The molecule has 0 saturated carbocycles. The zero-order valence-corrected chi connectivity index (χ0v) is 11.4. The summed E-state index contributed by atoms with van der Waals surface area (Å²) in [6.45, 7) is 0.654. The molecule has 1 unspecified atom stereocenters. The number of aliphatic hydroxyl groups excluding tert-OH is 1. The van der Waals surface area contributed by atoms with Crippen LogP contribution >= 0.6 is 23.2 Å². The molecule has 1 heterocycles. The third-order valence-electron chi connectivity index (χ3n) is 3.51. The Hall–Kier alpha value is -0.770. The van der Waals surface area contributed by atoms with E-state index in [0.29, 0.717) is 23.0 Å². The van der Waals surface area contributed by atoms with Crippen LogP contribution in [0.1, 0.15) is 24.8 Å². The fraction of sp³-hybridized carbons (Fsp3) is 0.462. The van der Waals surface area contributed by atoms with Gasteiger partial charge in [0.2, 0.25) is 5.91 Å². The highest BCUT2D eigenvalue weighted by Gasteiger charge is 2.41. The Kier molecular flexibility index (Phi) is 4.15. The third-order valence-corrected chi connectivity index (χ3v) is 4.25. The smallest absolute Gasteiger partial charge is 0.230 e. The van der Waals surface area contributed by atoms with Gasteiger partial charge in [0, 0.05) is 13.2 Å². The topological polar surface area (TPSA) is 49.3 Å². The number of carbonyl (C=O) groups excluding carboxylic acids is 1. The van der Waals surface area contributed by atoms with Crippen LogP contribution in [0.25, 0.3) is 0 Å². The van der Waals surface area contributed by atoms with Gasteiger partial charge in [-0.1, -0.05) is 29.3 Å². The summed E-state index contributed by atoms with van der Waals surface area (Å²) in [4.78, 5) is 12.2. The van der Waals surface area contributed by atoms with Crippen molar-refractivity contribution < 1.29 is 9.90 Å². The van der Waals surface area contributed by atoms with E-state index in [4.69, 9.17) is 23.2 Å². The van der Waals surface area contributed by atoms with Gasteiger partial charge in [-0.05, 0) is 37.0 Å². The van der Waals surface area contributed by atoms with Gasteiger partial charge in [0.25, 0.3) is 0 Å². The van der Waals surface area contributed by atoms with Gasteiger partial charge in [-0.15, -0.1) is 0 Å². The minimum atomic E-state index is -0.679. The Morgan fingerprint density at radius 3 is 2.72 bits per heavy atom. The maximum atomic E-state index is 12.2. The summed E-state index contributed by atoms with van der Waals surface area (Å²) >= 11 is 11.9. The van der Waals surface area contributed by atoms with E-state index < -0.39 is 5.41 Å². The average molecular weight is 288 g/mol. The van der Waals surface area contributed by atoms with Crippen LogP contribution in [-0.2, 0) is 10.2 Å². The second kappa shape index (κ2) is 5.47. The summed E-state index contributed by atoms with van der Waals surface area (Å²) in [5.74, 6) is -0.0406. The molecule has 1 fully saturated rings. The summed E-state index contributed by atoms with van der Waals surface area (Å²) < 4.78 is 0. The van der Waals surface area contributed by atoms with Crippen LogP contribution in [0.4, 0.5) is 0 Å². The number of hydrogen-bond acceptors (Lipinski definition) is 2. The normalized spacial score (nSPS) is 23.8. The first-order valence-corrected chi connectivity index (χ1v) is 6.70. The first-order valence-electron chi connectivity index (χ1n) is 5.95. The van der Waals surface area contributed by atoms with E-state index in [1.807, 2.05) is 6.07 Å². The molecule has 2 N–H and O–H groups in total. The first-order chi connectivity index (χ1) is 8.60. The average Bonchev–Trinajstić information content (AvgIpc) is 2.36. The zero-order valence-electron chi connectivity index (χ0n) is 9.88. The standard InChI is InChI=1S/C13H15Cl2NO2/c14-10-3-2-9(8-11(10)15)13(5-7-17)4-1-6-16-12(13)18/h2-3,8,17H,1,4-7H2,(H,16,18). The molecule has 18 heavy (non-hydrogen) atoms. The maximum absolute atomic E-state index is 12.2. The maximum Gasteiger partial charge on any atom is 0.230 e. The number of rotatable bonds is 3. The van der Waals surface area contributed by atoms with Crippen LogP contribution in [-0.4, -0.2) is 24.2 Å². The monoisotopic (exact) mass is 287 g/mol. The van der Waals surface area contributed by atoms with Crippen LogP contribution in [0, 0.1) is 0 Å². The molecule has 1 aromatic carbocycles. The third kappa shape index (κ3) is 2.35. The number of aliphatic hydroxyl groups is 1. The molecule has 3 nitrogen and oxygen atoms in total. The molecule has 0 aliphatic carbocycles. The number of halogens is 2. The molecule has 0 bridgehead atoms. The second-order valence-electron chi connectivity index (χ2n) is 4.54. The number of hydrogen-bond donors (Lipinski definition) is 2. The number of piperidine rings is 1. The van der Waals surface area contributed by atoms with Crippen LogP contribution in [0.2, 0.25) is 10.0 Å². The minimum absolute atomic E-state index is 0.0341. The van der Waals surface area contributed by atoms with Crippen molar-refractivity contribution in [2.45, 2.75) is 24.7 Å². The molecule has 5 heteroatoms. The Morgan fingerprint density at radius 2 is 2.11 bits per heavy atom. The predicted octanol–water partition coefficient (Wildman–Crippen LogP) is 2.52. The molecule has 1 saturated heterocycles. The number of benzene rings is 1. The van der Waals surface area contributed by atoms with Crippen LogP contribution in [0.15, 0.2) is 18.2 Å². The predicted molar refractivity (Wildman–Crippen MR) is 72.1 cm³/mol. The Labute approximate surface area is 116 Å². The van der Waals surface area contributed by atoms with Crippen molar-refractivity contribution in [2.24, 2.45) is 0 Å². The van der Waals surface area contributed by atoms with Gasteiger partial charge in [-0.25, -0.2) is 0 Å². The van der Waals surface area contributed by atoms with Gasteiger partial charge < -0.3 is 10.4 Å². The Balaban J connectivity index is 2.45. The fourth-order valence-electron chi connectivity index (χ4n) is 2.52. The van der Waals surface area contributed by atoms with Crippen molar-refractivity contribution in [3.8, 4) is 0 Å². The lowest BCUT2D eigenvalue weighted by molar-refractivity contribution is -0.129. The van der Waals surface area contributed by atoms with E-state index in [2.05, 4.69) is 5.32 Å². The summed E-state index contributed by atoms with van der Waals surface area (Å²) in [6, 6.07) is 5.24. The van der Waals surface area contributed by atoms with Gasteiger partial charge in [-0.3, -0.25) is 4.79 Å². The zero-order chi connectivity index (χ0) is 13.2. The molecular weight excluding hydrogens is 273 g/mol. The molecule has 1 amide bonds. The number of amides is 1. The SMILES string of the molecule is O=C1NCCCC1(CCO)c1ccc(Cl)c(Cl)c1. The van der Waals surface area contributed by atoms with E-state index in [0.717, 1.165) is 18.4 Å². The van der Waals surface area contributed by atoms with E-state index in [1.165, 1.54) is 0 Å². The molecule has 2 rings (SSSR count). The summed E-state index contributed by atoms with van der Waals surface area (Å²) in [5, 5.41) is 13.0. The molecular formula is C13H15Cl2NO2. The van der Waals surface area contributed by atoms with Crippen molar-refractivity contribution in [1.29, 1.82) is 0 Å². The molecule has 0 spiro atoms. The minimum Gasteiger partial charge on any atom is -0.396 e. The number of nitrogens with one attached hydrogen (secondary N) is 1. The van der Waals surface area contributed by atoms with Crippen LogP contribution < -0.4 is 5.32 Å². The second-order valence-corrected chi connectivity index (χ2v) is 5.36. The molecule has 1 aromatic rings. The molecule has 98 valence electrons. The van der Waals surface area contributed by atoms with Gasteiger partial charge in [0.1, 0.15) is 0 Å². The quantitative estimate of drug-likeness (QED) is 0.898. The summed E-state index contributed by atoms with van der Waals surface area (Å²) in [5.41, 5.74) is 0.143. The Bertz CT molecular complexity index is 460. The molecule has 1 atom stereocenters. The fourth-order valence-corrected chi connectivity index (χ4v) is 2.82. The first kappa shape index (κ1) is 13.7. The van der Waals surface area contributed by atoms with Crippen molar-refractivity contribution in [3.05, 3.63) is 33.8 Å². The van der Waals surface area contributed by atoms with Gasteiger partial charge in [0.05, 0.1) is 15.5 Å². The molecule has 1 aliphatic heterocycles. The van der Waals surface area contributed by atoms with Crippen molar-refractivity contribution in [3.63, 3.8) is 0 Å². The van der Waals surface area contributed by atoms with E-state index in [-0.39, 0.29) is 12.5 Å². The summed E-state index contributed by atoms with van der Waals surface area (Å²) in [6.07, 6.45) is 2.01. The lowest BCUT2D eigenvalue weighted by Crippen LogP contribution is -2.49. The molecule has 0 aromatic heterocycles. The molecule has 1 aliphatic rings. The number of carbonyl (C=O) groups is 1. The van der Waals surface area contributed by atoms with Gasteiger partial charge in [0.15, 0.2) is 0 Å². The van der Waals surface area contributed by atoms with Crippen molar-refractivity contribution in [2.75, 3.05) is 13.2 Å². The van der Waals surface area contributed by atoms with E-state index >= 15 is 0 Å². The highest BCUT2D eigenvalue weighted by molar-refractivity contribution is 6.42. The highest BCUT2D eigenvalue weighted by atomic mass is 35.5.